The normalized spacial score (nSPS) is 20.9. The van der Waals surface area contributed by atoms with Gasteiger partial charge in [-0.05, 0) is 36.1 Å². The minimum atomic E-state index is -4.50. The van der Waals surface area contributed by atoms with E-state index in [4.69, 9.17) is 4.42 Å². The van der Waals surface area contributed by atoms with Gasteiger partial charge >= 0.3 is 6.18 Å². The van der Waals surface area contributed by atoms with E-state index < -0.39 is 23.9 Å². The monoisotopic (exact) mass is 353 g/mol. The summed E-state index contributed by atoms with van der Waals surface area (Å²) in [5.74, 6) is -0.278. The summed E-state index contributed by atoms with van der Waals surface area (Å²) in [6, 6.07) is 6.19. The maximum atomic E-state index is 13.3. The van der Waals surface area contributed by atoms with Crippen molar-refractivity contribution in [2.45, 2.75) is 37.6 Å². The third-order valence-electron chi connectivity index (χ3n) is 4.43. The Bertz CT molecular complexity index is 727. The molecule has 1 aromatic carbocycles. The number of aryl methyl sites for hydroxylation is 1. The highest BCUT2D eigenvalue weighted by atomic mass is 19.4. The lowest BCUT2D eigenvalue weighted by atomic mass is 9.97. The number of halogens is 3. The van der Waals surface area contributed by atoms with E-state index in [1.807, 2.05) is 0 Å². The van der Waals surface area contributed by atoms with E-state index >= 15 is 0 Å². The van der Waals surface area contributed by atoms with Crippen molar-refractivity contribution in [2.75, 3.05) is 6.54 Å². The van der Waals surface area contributed by atoms with Gasteiger partial charge in [0, 0.05) is 13.0 Å². The van der Waals surface area contributed by atoms with Gasteiger partial charge in [-0.2, -0.15) is 13.2 Å². The molecule has 0 aliphatic carbocycles. The van der Waals surface area contributed by atoms with E-state index in [2.05, 4.69) is 0 Å². The van der Waals surface area contributed by atoms with Crippen LogP contribution in [0.15, 0.2) is 47.3 Å². The van der Waals surface area contributed by atoms with Gasteiger partial charge in [0.15, 0.2) is 0 Å². The molecule has 1 aliphatic heterocycles. The number of furan rings is 1. The number of β-amino-alcohol motifs (C(OH)–C–C–N with tert-alkyl or cyclic N) is 1. The van der Waals surface area contributed by atoms with Gasteiger partial charge in [-0.3, -0.25) is 4.79 Å². The summed E-state index contributed by atoms with van der Waals surface area (Å²) in [7, 11) is 0. The summed E-state index contributed by atoms with van der Waals surface area (Å²) in [5.41, 5.74) is 0.116. The van der Waals surface area contributed by atoms with Crippen molar-refractivity contribution in [3.05, 3.63) is 59.5 Å². The summed E-state index contributed by atoms with van der Waals surface area (Å²) in [6.07, 6.45) is -1.61. The Labute approximate surface area is 142 Å². The van der Waals surface area contributed by atoms with Crippen LogP contribution < -0.4 is 0 Å². The minimum Gasteiger partial charge on any atom is -0.472 e. The molecule has 0 bridgehead atoms. The van der Waals surface area contributed by atoms with E-state index in [9.17, 15) is 23.1 Å². The van der Waals surface area contributed by atoms with Gasteiger partial charge in [-0.15, -0.1) is 0 Å². The van der Waals surface area contributed by atoms with Gasteiger partial charge < -0.3 is 14.4 Å². The molecule has 0 saturated carbocycles. The molecule has 7 heteroatoms. The Balaban J connectivity index is 1.81. The summed E-state index contributed by atoms with van der Waals surface area (Å²) in [6.45, 7) is 0.0427. The molecule has 0 radical (unpaired) electrons. The maximum Gasteiger partial charge on any atom is 0.416 e. The lowest BCUT2D eigenvalue weighted by Gasteiger charge is -2.27. The van der Waals surface area contributed by atoms with Crippen molar-refractivity contribution in [3.8, 4) is 0 Å². The molecular weight excluding hydrogens is 335 g/mol. The van der Waals surface area contributed by atoms with Crippen LogP contribution in [-0.4, -0.2) is 28.6 Å². The summed E-state index contributed by atoms with van der Waals surface area (Å²) in [4.78, 5) is 13.9. The van der Waals surface area contributed by atoms with Gasteiger partial charge in [-0.25, -0.2) is 0 Å². The minimum absolute atomic E-state index is 0.0308. The van der Waals surface area contributed by atoms with Crippen LogP contribution in [0.2, 0.25) is 0 Å². The summed E-state index contributed by atoms with van der Waals surface area (Å²) < 4.78 is 44.8. The SMILES string of the molecule is O=C(CCc1ccoc1)N1C[C@@H](O)C[C@H]1c1ccccc1C(F)(F)F. The van der Waals surface area contributed by atoms with Gasteiger partial charge in [0.25, 0.3) is 0 Å². The molecule has 25 heavy (non-hydrogen) atoms. The topological polar surface area (TPSA) is 53.7 Å². The van der Waals surface area contributed by atoms with E-state index in [0.29, 0.717) is 6.42 Å². The van der Waals surface area contributed by atoms with Crippen LogP contribution in [0.3, 0.4) is 0 Å². The number of carbonyl (C=O) groups excluding carboxylic acids is 1. The number of hydrogen-bond donors (Lipinski definition) is 1. The van der Waals surface area contributed by atoms with Gasteiger partial charge in [0.05, 0.1) is 30.2 Å². The number of aliphatic hydroxyl groups excluding tert-OH is 1. The molecule has 0 spiro atoms. The highest BCUT2D eigenvalue weighted by Crippen LogP contribution is 2.40. The number of hydrogen-bond acceptors (Lipinski definition) is 3. The number of amides is 1. The first-order valence-electron chi connectivity index (χ1n) is 8.01. The lowest BCUT2D eigenvalue weighted by molar-refractivity contribution is -0.140. The van der Waals surface area contributed by atoms with Gasteiger partial charge in [0.1, 0.15) is 0 Å². The number of likely N-dealkylation sites (tertiary alicyclic amines) is 1. The van der Waals surface area contributed by atoms with Crippen molar-refractivity contribution in [3.63, 3.8) is 0 Å². The highest BCUT2D eigenvalue weighted by Gasteiger charge is 2.41. The Morgan fingerprint density at radius 3 is 2.72 bits per heavy atom. The van der Waals surface area contributed by atoms with E-state index in [-0.39, 0.29) is 30.9 Å². The van der Waals surface area contributed by atoms with Crippen molar-refractivity contribution in [1.82, 2.24) is 4.90 Å². The standard InChI is InChI=1S/C18H18F3NO3/c19-18(20,21)15-4-2-1-3-14(15)16-9-13(23)10-22(16)17(24)6-5-12-7-8-25-11-12/h1-4,7-8,11,13,16,23H,5-6,9-10H2/t13-,16-/m0/s1. The fraction of sp³-hybridized carbons (Fsp3) is 0.389. The molecule has 4 nitrogen and oxygen atoms in total. The number of benzene rings is 1. The van der Waals surface area contributed by atoms with Crippen LogP contribution in [0.25, 0.3) is 0 Å². The zero-order valence-corrected chi connectivity index (χ0v) is 13.4. The predicted molar refractivity (Wildman–Crippen MR) is 83.6 cm³/mol. The molecule has 1 amide bonds. The first-order valence-corrected chi connectivity index (χ1v) is 8.01. The van der Waals surface area contributed by atoms with Gasteiger partial charge in [-0.1, -0.05) is 18.2 Å². The Kier molecular flexibility index (Phi) is 4.85. The third kappa shape index (κ3) is 3.87. The third-order valence-corrected chi connectivity index (χ3v) is 4.43. The molecule has 1 aliphatic rings. The largest absolute Gasteiger partial charge is 0.472 e. The lowest BCUT2D eigenvalue weighted by Crippen LogP contribution is -2.32. The van der Waals surface area contributed by atoms with Crippen LogP contribution >= 0.6 is 0 Å². The Morgan fingerprint density at radius 1 is 1.28 bits per heavy atom. The van der Waals surface area contributed by atoms with Crippen LogP contribution in [-0.2, 0) is 17.4 Å². The Hall–Kier alpha value is -2.28. The number of rotatable bonds is 4. The van der Waals surface area contributed by atoms with Gasteiger partial charge in [0.2, 0.25) is 5.91 Å². The van der Waals surface area contributed by atoms with E-state index in [1.165, 1.54) is 35.6 Å². The average molecular weight is 353 g/mol. The molecule has 2 aromatic rings. The maximum absolute atomic E-state index is 13.3. The fourth-order valence-corrected chi connectivity index (χ4v) is 3.26. The fourth-order valence-electron chi connectivity index (χ4n) is 3.26. The number of alkyl halides is 3. The molecular formula is C18H18F3NO3. The first-order chi connectivity index (χ1) is 11.9. The smallest absolute Gasteiger partial charge is 0.416 e. The highest BCUT2D eigenvalue weighted by molar-refractivity contribution is 5.77. The Morgan fingerprint density at radius 2 is 2.04 bits per heavy atom. The molecule has 1 N–H and O–H groups in total. The molecule has 1 saturated heterocycles. The zero-order chi connectivity index (χ0) is 18.0. The number of nitrogens with zero attached hydrogens (tertiary/aromatic N) is 1. The molecule has 2 atom stereocenters. The summed E-state index contributed by atoms with van der Waals surface area (Å²) >= 11 is 0. The molecule has 134 valence electrons. The van der Waals surface area contributed by atoms with Crippen molar-refractivity contribution < 1.29 is 27.5 Å². The van der Waals surface area contributed by atoms with E-state index in [1.54, 1.807) is 6.07 Å². The second-order valence-electron chi connectivity index (χ2n) is 6.17. The van der Waals surface area contributed by atoms with Crippen molar-refractivity contribution in [2.24, 2.45) is 0 Å². The zero-order valence-electron chi connectivity index (χ0n) is 13.4. The summed E-state index contributed by atoms with van der Waals surface area (Å²) in [5, 5.41) is 9.94. The van der Waals surface area contributed by atoms with Crippen LogP contribution in [0.1, 0.15) is 35.6 Å². The van der Waals surface area contributed by atoms with Crippen LogP contribution in [0.4, 0.5) is 13.2 Å². The first kappa shape index (κ1) is 17.5. The number of carbonyl (C=O) groups is 1. The number of aliphatic hydroxyl groups is 1. The second kappa shape index (κ2) is 6.92. The van der Waals surface area contributed by atoms with Crippen LogP contribution in [0.5, 0.6) is 0 Å². The van der Waals surface area contributed by atoms with Crippen LogP contribution in [0, 0.1) is 0 Å². The molecule has 3 rings (SSSR count). The quantitative estimate of drug-likeness (QED) is 0.914. The van der Waals surface area contributed by atoms with Crippen molar-refractivity contribution >= 4 is 5.91 Å². The van der Waals surface area contributed by atoms with Crippen molar-refractivity contribution in [1.29, 1.82) is 0 Å². The molecule has 0 unspecified atom stereocenters. The molecule has 1 aromatic heterocycles. The van der Waals surface area contributed by atoms with E-state index in [0.717, 1.165) is 11.6 Å². The predicted octanol–water partition coefficient (Wildman–Crippen LogP) is 3.57. The molecule has 1 fully saturated rings. The second-order valence-corrected chi connectivity index (χ2v) is 6.17. The molecule has 2 heterocycles. The average Bonchev–Trinajstić information content (AvgIpc) is 3.21.